The van der Waals surface area contributed by atoms with Crippen molar-refractivity contribution in [1.29, 1.82) is 5.26 Å². The SMILES string of the molecule is C=CCOCCOc1nc2c(CC#N)c[nH]c2cc1Cl. The predicted molar refractivity (Wildman–Crippen MR) is 76.9 cm³/mol. The van der Waals surface area contributed by atoms with Crippen LogP contribution in [0.1, 0.15) is 5.56 Å². The average molecular weight is 292 g/mol. The molecule has 0 bridgehead atoms. The maximum atomic E-state index is 8.77. The first-order chi connectivity index (χ1) is 9.76. The van der Waals surface area contributed by atoms with Gasteiger partial charge in [-0.15, -0.1) is 6.58 Å². The van der Waals surface area contributed by atoms with Gasteiger partial charge in [0.1, 0.15) is 11.6 Å². The third-order valence-corrected chi connectivity index (χ3v) is 2.89. The summed E-state index contributed by atoms with van der Waals surface area (Å²) >= 11 is 6.10. The minimum Gasteiger partial charge on any atom is -0.474 e. The lowest BCUT2D eigenvalue weighted by atomic mass is 10.2. The van der Waals surface area contributed by atoms with Gasteiger partial charge in [0.2, 0.25) is 5.88 Å². The number of aromatic amines is 1. The van der Waals surface area contributed by atoms with E-state index in [0.29, 0.717) is 36.2 Å². The van der Waals surface area contributed by atoms with E-state index >= 15 is 0 Å². The molecular formula is C14H14ClN3O2. The number of pyridine rings is 1. The zero-order valence-corrected chi connectivity index (χ0v) is 11.6. The van der Waals surface area contributed by atoms with Crippen LogP contribution in [0, 0.1) is 11.3 Å². The van der Waals surface area contributed by atoms with Crippen LogP contribution >= 0.6 is 11.6 Å². The summed E-state index contributed by atoms with van der Waals surface area (Å²) < 4.78 is 10.7. The van der Waals surface area contributed by atoms with Crippen LogP contribution in [0.2, 0.25) is 5.02 Å². The van der Waals surface area contributed by atoms with Gasteiger partial charge in [-0.05, 0) is 6.07 Å². The largest absolute Gasteiger partial charge is 0.474 e. The Morgan fingerprint density at radius 2 is 2.35 bits per heavy atom. The lowest BCUT2D eigenvalue weighted by Gasteiger charge is -2.07. The van der Waals surface area contributed by atoms with Gasteiger partial charge in [-0.2, -0.15) is 5.26 Å². The summed E-state index contributed by atoms with van der Waals surface area (Å²) in [6, 6.07) is 3.84. The van der Waals surface area contributed by atoms with Crippen molar-refractivity contribution < 1.29 is 9.47 Å². The van der Waals surface area contributed by atoms with Crippen LogP contribution in [-0.2, 0) is 11.2 Å². The number of nitrogens with zero attached hydrogens (tertiary/aromatic N) is 2. The first-order valence-electron chi connectivity index (χ1n) is 6.11. The van der Waals surface area contributed by atoms with Crippen LogP contribution in [0.4, 0.5) is 0 Å². The normalized spacial score (nSPS) is 10.4. The third kappa shape index (κ3) is 3.29. The summed E-state index contributed by atoms with van der Waals surface area (Å²) in [4.78, 5) is 7.39. The van der Waals surface area contributed by atoms with Crippen LogP contribution in [0.3, 0.4) is 0 Å². The zero-order chi connectivity index (χ0) is 14.4. The minimum atomic E-state index is 0.288. The van der Waals surface area contributed by atoms with E-state index in [0.717, 1.165) is 11.1 Å². The number of nitrogens with one attached hydrogen (secondary N) is 1. The van der Waals surface area contributed by atoms with E-state index in [-0.39, 0.29) is 6.42 Å². The van der Waals surface area contributed by atoms with Crippen LogP contribution in [0.5, 0.6) is 5.88 Å². The van der Waals surface area contributed by atoms with E-state index in [9.17, 15) is 0 Å². The molecule has 2 aromatic rings. The molecule has 0 aliphatic heterocycles. The van der Waals surface area contributed by atoms with Gasteiger partial charge >= 0.3 is 0 Å². The summed E-state index contributed by atoms with van der Waals surface area (Å²) in [5.41, 5.74) is 2.32. The number of rotatable bonds is 7. The molecule has 0 saturated heterocycles. The monoisotopic (exact) mass is 291 g/mol. The van der Waals surface area contributed by atoms with Crippen molar-refractivity contribution in [2.75, 3.05) is 19.8 Å². The molecule has 2 rings (SSSR count). The van der Waals surface area contributed by atoms with Gasteiger partial charge in [-0.3, -0.25) is 0 Å². The van der Waals surface area contributed by atoms with Gasteiger partial charge in [-0.1, -0.05) is 17.7 Å². The molecule has 0 aliphatic rings. The van der Waals surface area contributed by atoms with Crippen LogP contribution < -0.4 is 4.74 Å². The number of nitriles is 1. The molecule has 6 heteroatoms. The first-order valence-corrected chi connectivity index (χ1v) is 6.49. The molecule has 2 aromatic heterocycles. The number of halogens is 1. The highest BCUT2D eigenvalue weighted by atomic mass is 35.5. The Labute approximate surface area is 121 Å². The number of hydrogen-bond donors (Lipinski definition) is 1. The minimum absolute atomic E-state index is 0.288. The van der Waals surface area contributed by atoms with E-state index in [2.05, 4.69) is 22.6 Å². The van der Waals surface area contributed by atoms with Crippen molar-refractivity contribution in [2.24, 2.45) is 0 Å². The molecule has 2 heterocycles. The number of aromatic nitrogens is 2. The fourth-order valence-electron chi connectivity index (χ4n) is 1.75. The summed E-state index contributed by atoms with van der Waals surface area (Å²) in [6.07, 6.45) is 3.72. The number of H-pyrrole nitrogens is 1. The van der Waals surface area contributed by atoms with E-state index in [4.69, 9.17) is 26.3 Å². The highest BCUT2D eigenvalue weighted by Crippen LogP contribution is 2.28. The van der Waals surface area contributed by atoms with Crippen molar-refractivity contribution in [2.45, 2.75) is 6.42 Å². The standard InChI is InChI=1S/C14H14ClN3O2/c1-2-5-19-6-7-20-14-11(15)8-12-13(18-14)10(3-4-16)9-17-12/h2,8-9,17H,1,3,5-7H2. The van der Waals surface area contributed by atoms with Gasteiger partial charge in [0.25, 0.3) is 0 Å². The van der Waals surface area contributed by atoms with E-state index in [1.165, 1.54) is 0 Å². The second-order valence-electron chi connectivity index (χ2n) is 4.03. The molecule has 20 heavy (non-hydrogen) atoms. The number of ether oxygens (including phenoxy) is 2. The van der Waals surface area contributed by atoms with Gasteiger partial charge in [0.15, 0.2) is 0 Å². The fourth-order valence-corrected chi connectivity index (χ4v) is 1.95. The molecule has 0 unspecified atom stereocenters. The quantitative estimate of drug-likeness (QED) is 0.629. The topological polar surface area (TPSA) is 70.9 Å². The van der Waals surface area contributed by atoms with Crippen molar-refractivity contribution >= 4 is 22.6 Å². The van der Waals surface area contributed by atoms with Gasteiger partial charge in [-0.25, -0.2) is 4.98 Å². The van der Waals surface area contributed by atoms with Crippen LogP contribution in [-0.4, -0.2) is 29.8 Å². The molecule has 104 valence electrons. The third-order valence-electron chi connectivity index (χ3n) is 2.62. The van der Waals surface area contributed by atoms with Gasteiger partial charge in [0.05, 0.1) is 36.7 Å². The lowest BCUT2D eigenvalue weighted by molar-refractivity contribution is 0.119. The highest BCUT2D eigenvalue weighted by molar-refractivity contribution is 6.32. The maximum Gasteiger partial charge on any atom is 0.233 e. The Hall–Kier alpha value is -2.03. The summed E-state index contributed by atoms with van der Waals surface area (Å²) in [5.74, 6) is 0.347. The first kappa shape index (κ1) is 14.4. The Morgan fingerprint density at radius 1 is 1.50 bits per heavy atom. The smallest absolute Gasteiger partial charge is 0.233 e. The van der Waals surface area contributed by atoms with E-state index in [1.807, 2.05) is 0 Å². The maximum absolute atomic E-state index is 8.77. The van der Waals surface area contributed by atoms with E-state index in [1.54, 1.807) is 18.3 Å². The summed E-state index contributed by atoms with van der Waals surface area (Å²) in [6.45, 7) is 4.82. The summed E-state index contributed by atoms with van der Waals surface area (Å²) in [7, 11) is 0. The molecule has 1 N–H and O–H groups in total. The van der Waals surface area contributed by atoms with Crippen LogP contribution in [0.15, 0.2) is 24.9 Å². The summed E-state index contributed by atoms with van der Waals surface area (Å²) in [5, 5.41) is 9.19. The fraction of sp³-hybridized carbons (Fsp3) is 0.286. The molecule has 5 nitrogen and oxygen atoms in total. The Morgan fingerprint density at radius 3 is 3.10 bits per heavy atom. The van der Waals surface area contributed by atoms with Crippen molar-refractivity contribution in [3.8, 4) is 11.9 Å². The molecular weight excluding hydrogens is 278 g/mol. The zero-order valence-electron chi connectivity index (χ0n) is 10.9. The molecule has 0 aliphatic carbocycles. The van der Waals surface area contributed by atoms with Crippen LogP contribution in [0.25, 0.3) is 11.0 Å². The molecule has 0 atom stereocenters. The second-order valence-corrected chi connectivity index (χ2v) is 4.44. The van der Waals surface area contributed by atoms with E-state index < -0.39 is 0 Å². The molecule has 0 fully saturated rings. The molecule has 0 aromatic carbocycles. The Kier molecular flexibility index (Phi) is 4.99. The second kappa shape index (κ2) is 6.94. The molecule has 0 saturated carbocycles. The molecule has 0 spiro atoms. The lowest BCUT2D eigenvalue weighted by Crippen LogP contribution is -2.07. The predicted octanol–water partition coefficient (Wildman–Crippen LogP) is 2.86. The number of hydrogen-bond acceptors (Lipinski definition) is 4. The Bertz CT molecular complexity index is 646. The van der Waals surface area contributed by atoms with Gasteiger partial charge < -0.3 is 14.5 Å². The molecule has 0 amide bonds. The van der Waals surface area contributed by atoms with Gasteiger partial charge in [0, 0.05) is 11.8 Å². The van der Waals surface area contributed by atoms with Crippen molar-refractivity contribution in [1.82, 2.24) is 9.97 Å². The van der Waals surface area contributed by atoms with Crippen molar-refractivity contribution in [3.63, 3.8) is 0 Å². The highest BCUT2D eigenvalue weighted by Gasteiger charge is 2.11. The average Bonchev–Trinajstić information content (AvgIpc) is 2.81. The molecule has 0 radical (unpaired) electrons. The number of fused-ring (bicyclic) bond motifs is 1. The Balaban J connectivity index is 2.12. The van der Waals surface area contributed by atoms with Crippen molar-refractivity contribution in [3.05, 3.63) is 35.5 Å².